The minimum absolute atomic E-state index is 0.458. The lowest BCUT2D eigenvalue weighted by Gasteiger charge is -2.25. The van der Waals surface area contributed by atoms with E-state index in [0.29, 0.717) is 6.54 Å². The Morgan fingerprint density at radius 1 is 1.45 bits per heavy atom. The van der Waals surface area contributed by atoms with E-state index in [1.54, 1.807) is 11.9 Å². The first-order chi connectivity index (χ1) is 5.35. The summed E-state index contributed by atoms with van der Waals surface area (Å²) in [5, 5.41) is 2.65. The Balaban J connectivity index is 0.000000187. The average Bonchev–Trinajstić information content (AvgIpc) is 1.88. The van der Waals surface area contributed by atoms with Crippen molar-refractivity contribution in [2.45, 2.75) is 6.42 Å². The molecule has 0 spiro atoms. The second-order valence-electron chi connectivity index (χ2n) is 2.22. The molecule has 0 aromatic heterocycles. The molecule has 0 radical (unpaired) electrons. The van der Waals surface area contributed by atoms with E-state index in [0.717, 1.165) is 25.8 Å². The van der Waals surface area contributed by atoms with E-state index in [4.69, 9.17) is 0 Å². The fourth-order valence-electron chi connectivity index (χ4n) is 0.529. The van der Waals surface area contributed by atoms with Crippen molar-refractivity contribution in [3.05, 3.63) is 0 Å². The number of likely N-dealkylation sites (tertiary alicyclic amines) is 1. The molecule has 1 N–H and O–H groups in total. The largest absolute Gasteiger partial charge is 0.345 e. The zero-order chi connectivity index (χ0) is 8.53. The standard InChI is InChI=1S/C4H7NO.C3H7NO/c6-4-5-2-1-3-5;1-4-2-3-5/h4H,1-3H2;3-4H,2H2,1H3. The highest BCUT2D eigenvalue weighted by Gasteiger charge is 2.08. The molecule has 1 aliphatic heterocycles. The number of nitrogens with zero attached hydrogens (tertiary/aromatic N) is 1. The van der Waals surface area contributed by atoms with Crippen molar-refractivity contribution in [2.75, 3.05) is 26.7 Å². The van der Waals surface area contributed by atoms with Gasteiger partial charge in [-0.2, -0.15) is 0 Å². The number of nitrogens with one attached hydrogen (secondary N) is 1. The molecular weight excluding hydrogens is 144 g/mol. The van der Waals surface area contributed by atoms with Crippen molar-refractivity contribution in [1.29, 1.82) is 0 Å². The fraction of sp³-hybridized carbons (Fsp3) is 0.714. The topological polar surface area (TPSA) is 49.4 Å². The second kappa shape index (κ2) is 7.21. The van der Waals surface area contributed by atoms with Crippen LogP contribution < -0.4 is 5.32 Å². The van der Waals surface area contributed by atoms with Gasteiger partial charge in [-0.25, -0.2) is 0 Å². The summed E-state index contributed by atoms with van der Waals surface area (Å²) in [5.74, 6) is 0. The van der Waals surface area contributed by atoms with Crippen LogP contribution in [0.2, 0.25) is 0 Å². The molecular formula is C7H14N2O2. The highest BCUT2D eigenvalue weighted by molar-refractivity contribution is 5.51. The molecule has 64 valence electrons. The van der Waals surface area contributed by atoms with Crippen LogP contribution in [0.3, 0.4) is 0 Å². The number of hydrogen-bond acceptors (Lipinski definition) is 3. The van der Waals surface area contributed by atoms with E-state index in [1.165, 1.54) is 6.42 Å². The zero-order valence-electron chi connectivity index (χ0n) is 6.75. The van der Waals surface area contributed by atoms with Crippen LogP contribution in [-0.2, 0) is 9.59 Å². The Hall–Kier alpha value is -0.900. The Morgan fingerprint density at radius 3 is 2.09 bits per heavy atom. The summed E-state index contributed by atoms with van der Waals surface area (Å²) in [6.07, 6.45) is 2.90. The second-order valence-corrected chi connectivity index (χ2v) is 2.22. The van der Waals surface area contributed by atoms with Crippen LogP contribution in [0.5, 0.6) is 0 Å². The number of amides is 1. The molecule has 1 aliphatic rings. The average molecular weight is 158 g/mol. The minimum Gasteiger partial charge on any atom is -0.345 e. The molecule has 1 rings (SSSR count). The molecule has 0 atom stereocenters. The van der Waals surface area contributed by atoms with Crippen LogP contribution in [0.15, 0.2) is 0 Å². The van der Waals surface area contributed by atoms with Crippen molar-refractivity contribution in [2.24, 2.45) is 0 Å². The van der Waals surface area contributed by atoms with Gasteiger partial charge in [-0.3, -0.25) is 4.79 Å². The summed E-state index contributed by atoms with van der Waals surface area (Å²) in [4.78, 5) is 20.8. The summed E-state index contributed by atoms with van der Waals surface area (Å²) < 4.78 is 0. The highest BCUT2D eigenvalue weighted by atomic mass is 16.1. The Morgan fingerprint density at radius 2 is 2.09 bits per heavy atom. The van der Waals surface area contributed by atoms with E-state index in [9.17, 15) is 9.59 Å². The molecule has 0 saturated carbocycles. The van der Waals surface area contributed by atoms with E-state index in [2.05, 4.69) is 5.32 Å². The van der Waals surface area contributed by atoms with Crippen LogP contribution in [0, 0.1) is 0 Å². The molecule has 1 fully saturated rings. The Kier molecular flexibility index (Phi) is 6.62. The van der Waals surface area contributed by atoms with Gasteiger partial charge in [0.15, 0.2) is 0 Å². The third kappa shape index (κ3) is 5.54. The molecule has 0 bridgehead atoms. The number of aldehydes is 1. The van der Waals surface area contributed by atoms with Gasteiger partial charge in [0.25, 0.3) is 0 Å². The predicted octanol–water partition coefficient (Wildman–Crippen LogP) is -0.747. The molecule has 0 unspecified atom stereocenters. The smallest absolute Gasteiger partial charge is 0.209 e. The molecule has 0 aromatic rings. The van der Waals surface area contributed by atoms with Gasteiger partial charge in [0, 0.05) is 13.1 Å². The molecule has 1 amide bonds. The van der Waals surface area contributed by atoms with Crippen LogP contribution in [-0.4, -0.2) is 44.3 Å². The maximum atomic E-state index is 9.71. The third-order valence-corrected chi connectivity index (χ3v) is 1.33. The van der Waals surface area contributed by atoms with Crippen LogP contribution in [0.4, 0.5) is 0 Å². The Bertz CT molecular complexity index is 113. The lowest BCUT2D eigenvalue weighted by atomic mass is 10.2. The number of likely N-dealkylation sites (N-methyl/N-ethyl adjacent to an activating group) is 1. The van der Waals surface area contributed by atoms with Crippen LogP contribution in [0.1, 0.15) is 6.42 Å². The van der Waals surface area contributed by atoms with Gasteiger partial charge in [0.05, 0.1) is 6.54 Å². The lowest BCUT2D eigenvalue weighted by Crippen LogP contribution is -2.35. The van der Waals surface area contributed by atoms with Gasteiger partial charge >= 0.3 is 0 Å². The van der Waals surface area contributed by atoms with Gasteiger partial charge in [-0.05, 0) is 13.5 Å². The zero-order valence-corrected chi connectivity index (χ0v) is 6.75. The van der Waals surface area contributed by atoms with Crippen LogP contribution >= 0.6 is 0 Å². The summed E-state index contributed by atoms with van der Waals surface area (Å²) in [6, 6.07) is 0. The first-order valence-corrected chi connectivity index (χ1v) is 3.62. The predicted molar refractivity (Wildman–Crippen MR) is 42.2 cm³/mol. The molecule has 4 heteroatoms. The first-order valence-electron chi connectivity index (χ1n) is 3.62. The quantitative estimate of drug-likeness (QED) is 0.550. The Labute approximate surface area is 66.6 Å². The molecule has 4 nitrogen and oxygen atoms in total. The van der Waals surface area contributed by atoms with Crippen molar-refractivity contribution in [3.8, 4) is 0 Å². The maximum Gasteiger partial charge on any atom is 0.209 e. The highest BCUT2D eigenvalue weighted by Crippen LogP contribution is 1.99. The third-order valence-electron chi connectivity index (χ3n) is 1.33. The molecule has 1 heterocycles. The van der Waals surface area contributed by atoms with Gasteiger partial charge in [0.1, 0.15) is 6.29 Å². The fourth-order valence-corrected chi connectivity index (χ4v) is 0.529. The molecule has 1 saturated heterocycles. The summed E-state index contributed by atoms with van der Waals surface area (Å²) in [6.45, 7) is 2.41. The van der Waals surface area contributed by atoms with Gasteiger partial charge in [0.2, 0.25) is 6.41 Å². The van der Waals surface area contributed by atoms with E-state index < -0.39 is 0 Å². The minimum atomic E-state index is 0.458. The van der Waals surface area contributed by atoms with Gasteiger partial charge < -0.3 is 15.0 Å². The number of rotatable bonds is 3. The van der Waals surface area contributed by atoms with E-state index >= 15 is 0 Å². The monoisotopic (exact) mass is 158 g/mol. The SMILES string of the molecule is CNCC=O.O=CN1CCC1. The van der Waals surface area contributed by atoms with Crippen molar-refractivity contribution >= 4 is 12.7 Å². The maximum absolute atomic E-state index is 9.71. The van der Waals surface area contributed by atoms with E-state index in [-0.39, 0.29) is 0 Å². The van der Waals surface area contributed by atoms with Crippen LogP contribution in [0.25, 0.3) is 0 Å². The summed E-state index contributed by atoms with van der Waals surface area (Å²) in [5.41, 5.74) is 0. The first kappa shape index (κ1) is 10.1. The van der Waals surface area contributed by atoms with Crippen molar-refractivity contribution in [3.63, 3.8) is 0 Å². The number of hydrogen-bond donors (Lipinski definition) is 1. The van der Waals surface area contributed by atoms with Crippen molar-refractivity contribution < 1.29 is 9.59 Å². The number of carbonyl (C=O) groups excluding carboxylic acids is 2. The molecule has 11 heavy (non-hydrogen) atoms. The normalized spacial score (nSPS) is 14.1. The summed E-state index contributed by atoms with van der Waals surface area (Å²) in [7, 11) is 1.73. The van der Waals surface area contributed by atoms with E-state index in [1.807, 2.05) is 0 Å². The van der Waals surface area contributed by atoms with Crippen molar-refractivity contribution in [1.82, 2.24) is 10.2 Å². The lowest BCUT2D eigenvalue weighted by molar-refractivity contribution is -0.121. The van der Waals surface area contributed by atoms with Gasteiger partial charge in [-0.1, -0.05) is 0 Å². The number of carbonyl (C=O) groups is 2. The molecule has 0 aliphatic carbocycles. The van der Waals surface area contributed by atoms with Gasteiger partial charge in [-0.15, -0.1) is 0 Å². The molecule has 0 aromatic carbocycles. The summed E-state index contributed by atoms with van der Waals surface area (Å²) >= 11 is 0.